The largest absolute Gasteiger partial charge is 0.342 e. The van der Waals surface area contributed by atoms with E-state index in [4.69, 9.17) is 5.73 Å². The van der Waals surface area contributed by atoms with Crippen LogP contribution >= 0.6 is 15.9 Å². The smallest absolute Gasteiger partial charge is 0.226 e. The van der Waals surface area contributed by atoms with Gasteiger partial charge < -0.3 is 10.6 Å². The van der Waals surface area contributed by atoms with Crippen LogP contribution in [0.15, 0.2) is 28.7 Å². The minimum atomic E-state index is 0.182. The Morgan fingerprint density at radius 2 is 2.10 bits per heavy atom. The first kappa shape index (κ1) is 15.0. The van der Waals surface area contributed by atoms with Crippen LogP contribution in [-0.4, -0.2) is 29.9 Å². The lowest BCUT2D eigenvalue weighted by molar-refractivity contribution is -0.134. The number of rotatable bonds is 3. The number of nitrogens with two attached hydrogens (primary N) is 1. The van der Waals surface area contributed by atoms with Crippen molar-refractivity contribution in [2.45, 2.75) is 38.1 Å². The van der Waals surface area contributed by atoms with Crippen molar-refractivity contribution in [3.05, 3.63) is 34.3 Å². The number of likely N-dealkylation sites (tertiary alicyclic amines) is 1. The number of carbonyl (C=O) groups excluding carboxylic acids is 1. The van der Waals surface area contributed by atoms with Crippen LogP contribution in [0.3, 0.4) is 0 Å². The molecule has 1 saturated heterocycles. The van der Waals surface area contributed by atoms with Gasteiger partial charge in [0.2, 0.25) is 5.91 Å². The van der Waals surface area contributed by atoms with E-state index in [2.05, 4.69) is 52.0 Å². The molecule has 1 aromatic rings. The van der Waals surface area contributed by atoms with Crippen molar-refractivity contribution in [2.24, 2.45) is 17.6 Å². The third-order valence-corrected chi connectivity index (χ3v) is 5.45. The molecule has 0 bridgehead atoms. The molecule has 2 aliphatic rings. The Labute approximate surface area is 135 Å². The van der Waals surface area contributed by atoms with Crippen LogP contribution in [-0.2, 0) is 4.79 Å². The molecule has 4 atom stereocenters. The molecule has 2 N–H and O–H groups in total. The lowest BCUT2D eigenvalue weighted by Gasteiger charge is -2.34. The van der Waals surface area contributed by atoms with Crippen molar-refractivity contribution in [1.82, 2.24) is 4.90 Å². The molecular weight excluding hydrogens is 328 g/mol. The van der Waals surface area contributed by atoms with Crippen LogP contribution in [0, 0.1) is 11.8 Å². The van der Waals surface area contributed by atoms with Gasteiger partial charge in [-0.25, -0.2) is 0 Å². The van der Waals surface area contributed by atoms with Gasteiger partial charge in [0.25, 0.3) is 0 Å². The van der Waals surface area contributed by atoms with Crippen molar-refractivity contribution < 1.29 is 4.79 Å². The van der Waals surface area contributed by atoms with Gasteiger partial charge in [-0.05, 0) is 55.7 Å². The van der Waals surface area contributed by atoms with Gasteiger partial charge in [0, 0.05) is 29.5 Å². The predicted octanol–water partition coefficient (Wildman–Crippen LogP) is 3.14. The highest BCUT2D eigenvalue weighted by atomic mass is 79.9. The minimum absolute atomic E-state index is 0.182. The number of hydrogen-bond donors (Lipinski definition) is 1. The molecule has 1 aliphatic heterocycles. The first-order valence-electron chi connectivity index (χ1n) is 7.86. The Morgan fingerprint density at radius 1 is 1.38 bits per heavy atom. The minimum Gasteiger partial charge on any atom is -0.342 e. The van der Waals surface area contributed by atoms with Gasteiger partial charge in [-0.2, -0.15) is 0 Å². The predicted molar refractivity (Wildman–Crippen MR) is 87.9 cm³/mol. The Hall–Kier alpha value is -0.870. The Bertz CT molecular complexity index is 514. The second kappa shape index (κ2) is 6.09. The molecule has 4 heteroatoms. The van der Waals surface area contributed by atoms with E-state index in [0.717, 1.165) is 36.8 Å². The van der Waals surface area contributed by atoms with Gasteiger partial charge in [0.1, 0.15) is 0 Å². The average molecular weight is 351 g/mol. The SMILES string of the molecule is C[C@H](N)[C@@H]1CCCN(C(=O)[C@@H]2C[C@H]2c2ccc(Br)cc2)C1. The second-order valence-electron chi connectivity index (χ2n) is 6.55. The van der Waals surface area contributed by atoms with Crippen molar-refractivity contribution in [1.29, 1.82) is 0 Å². The summed E-state index contributed by atoms with van der Waals surface area (Å²) in [6.07, 6.45) is 3.25. The number of nitrogens with zero attached hydrogens (tertiary/aromatic N) is 1. The summed E-state index contributed by atoms with van der Waals surface area (Å²) in [5.74, 6) is 1.42. The van der Waals surface area contributed by atoms with Gasteiger partial charge in [0.15, 0.2) is 0 Å². The molecule has 21 heavy (non-hydrogen) atoms. The van der Waals surface area contributed by atoms with Crippen LogP contribution in [0.25, 0.3) is 0 Å². The first-order chi connectivity index (χ1) is 10.1. The fourth-order valence-electron chi connectivity index (χ4n) is 3.42. The van der Waals surface area contributed by atoms with E-state index in [1.807, 2.05) is 0 Å². The quantitative estimate of drug-likeness (QED) is 0.909. The summed E-state index contributed by atoms with van der Waals surface area (Å²) in [6, 6.07) is 8.55. The van der Waals surface area contributed by atoms with Crippen molar-refractivity contribution >= 4 is 21.8 Å². The van der Waals surface area contributed by atoms with Gasteiger partial charge in [-0.15, -0.1) is 0 Å². The lowest BCUT2D eigenvalue weighted by atomic mass is 9.92. The first-order valence-corrected chi connectivity index (χ1v) is 8.65. The molecule has 0 radical (unpaired) electrons. The van der Waals surface area contributed by atoms with Crippen LogP contribution < -0.4 is 5.73 Å². The summed E-state index contributed by atoms with van der Waals surface area (Å²) < 4.78 is 1.09. The summed E-state index contributed by atoms with van der Waals surface area (Å²) in [5, 5.41) is 0. The number of piperidine rings is 1. The van der Waals surface area contributed by atoms with E-state index in [-0.39, 0.29) is 12.0 Å². The van der Waals surface area contributed by atoms with E-state index in [9.17, 15) is 4.79 Å². The van der Waals surface area contributed by atoms with E-state index >= 15 is 0 Å². The molecule has 0 unspecified atom stereocenters. The van der Waals surface area contributed by atoms with Crippen LogP contribution in [0.4, 0.5) is 0 Å². The molecule has 3 rings (SSSR count). The monoisotopic (exact) mass is 350 g/mol. The molecule has 1 aliphatic carbocycles. The zero-order chi connectivity index (χ0) is 15.0. The fourth-order valence-corrected chi connectivity index (χ4v) is 3.68. The normalized spacial score (nSPS) is 30.0. The zero-order valence-electron chi connectivity index (χ0n) is 12.5. The van der Waals surface area contributed by atoms with Crippen molar-refractivity contribution in [2.75, 3.05) is 13.1 Å². The molecule has 1 aromatic carbocycles. The highest BCUT2D eigenvalue weighted by Gasteiger charge is 2.46. The Morgan fingerprint density at radius 3 is 2.76 bits per heavy atom. The highest BCUT2D eigenvalue weighted by molar-refractivity contribution is 9.10. The highest BCUT2D eigenvalue weighted by Crippen LogP contribution is 2.49. The summed E-state index contributed by atoms with van der Waals surface area (Å²) in [6.45, 7) is 3.81. The lowest BCUT2D eigenvalue weighted by Crippen LogP contribution is -2.45. The van der Waals surface area contributed by atoms with Crippen LogP contribution in [0.5, 0.6) is 0 Å². The summed E-state index contributed by atoms with van der Waals surface area (Å²) in [7, 11) is 0. The maximum absolute atomic E-state index is 12.7. The van der Waals surface area contributed by atoms with E-state index < -0.39 is 0 Å². The summed E-state index contributed by atoms with van der Waals surface area (Å²) in [4.78, 5) is 14.7. The van der Waals surface area contributed by atoms with E-state index in [1.54, 1.807) is 0 Å². The van der Waals surface area contributed by atoms with Crippen molar-refractivity contribution in [3.8, 4) is 0 Å². The molecule has 0 aromatic heterocycles. The van der Waals surface area contributed by atoms with Gasteiger partial charge in [-0.1, -0.05) is 28.1 Å². The standard InChI is InChI=1S/C17H23BrN2O/c1-11(19)13-3-2-8-20(10-13)17(21)16-9-15(16)12-4-6-14(18)7-5-12/h4-7,11,13,15-16H,2-3,8-10,19H2,1H3/t11-,13+,15-,16+/m0/s1. The number of halogens is 1. The maximum Gasteiger partial charge on any atom is 0.226 e. The summed E-state index contributed by atoms with van der Waals surface area (Å²) in [5.41, 5.74) is 7.30. The summed E-state index contributed by atoms with van der Waals surface area (Å²) >= 11 is 3.45. The van der Waals surface area contributed by atoms with Crippen LogP contribution in [0.1, 0.15) is 37.7 Å². The van der Waals surface area contributed by atoms with Gasteiger partial charge in [-0.3, -0.25) is 4.79 Å². The second-order valence-corrected chi connectivity index (χ2v) is 7.46. The maximum atomic E-state index is 12.7. The topological polar surface area (TPSA) is 46.3 Å². The van der Waals surface area contributed by atoms with Crippen molar-refractivity contribution in [3.63, 3.8) is 0 Å². The van der Waals surface area contributed by atoms with E-state index in [0.29, 0.717) is 17.7 Å². The number of amides is 1. The third-order valence-electron chi connectivity index (χ3n) is 4.92. The van der Waals surface area contributed by atoms with Gasteiger partial charge >= 0.3 is 0 Å². The van der Waals surface area contributed by atoms with Crippen LogP contribution in [0.2, 0.25) is 0 Å². The fraction of sp³-hybridized carbons (Fsp3) is 0.588. The molecular formula is C17H23BrN2O. The molecule has 114 valence electrons. The zero-order valence-corrected chi connectivity index (χ0v) is 14.1. The third kappa shape index (κ3) is 3.32. The average Bonchev–Trinajstić information content (AvgIpc) is 3.28. The Balaban J connectivity index is 1.61. The van der Waals surface area contributed by atoms with Gasteiger partial charge in [0.05, 0.1) is 0 Å². The molecule has 3 nitrogen and oxygen atoms in total. The Kier molecular flexibility index (Phi) is 4.36. The molecule has 1 amide bonds. The number of hydrogen-bond acceptors (Lipinski definition) is 2. The number of benzene rings is 1. The molecule has 2 fully saturated rings. The molecule has 1 saturated carbocycles. The number of carbonyl (C=O) groups is 1. The molecule has 0 spiro atoms. The molecule has 1 heterocycles. The van der Waals surface area contributed by atoms with E-state index in [1.165, 1.54) is 5.56 Å².